The van der Waals surface area contributed by atoms with Gasteiger partial charge in [0.05, 0.1) is 0 Å². The van der Waals surface area contributed by atoms with Gasteiger partial charge in [-0.05, 0) is 31.6 Å². The van der Waals surface area contributed by atoms with E-state index >= 15 is 0 Å². The van der Waals surface area contributed by atoms with Crippen molar-refractivity contribution in [2.24, 2.45) is 5.73 Å². The maximum absolute atomic E-state index is 5.68. The molecule has 0 saturated heterocycles. The zero-order valence-corrected chi connectivity index (χ0v) is 9.20. The lowest BCUT2D eigenvalue weighted by atomic mass is 10.1. The average molecular weight is 206 g/mol. The van der Waals surface area contributed by atoms with Crippen molar-refractivity contribution in [3.63, 3.8) is 0 Å². The molecule has 1 heterocycles. The van der Waals surface area contributed by atoms with Crippen molar-refractivity contribution >= 4 is 0 Å². The lowest BCUT2D eigenvalue weighted by Crippen LogP contribution is -2.20. The first-order chi connectivity index (χ1) is 7.29. The molecule has 0 fully saturated rings. The first-order valence-corrected chi connectivity index (χ1v) is 5.43. The van der Waals surface area contributed by atoms with Gasteiger partial charge in [0.15, 0.2) is 0 Å². The van der Waals surface area contributed by atoms with Crippen molar-refractivity contribution < 1.29 is 4.74 Å². The number of hydrogen-bond donors (Lipinski definition) is 1. The van der Waals surface area contributed by atoms with Crippen LogP contribution in [-0.2, 0) is 13.0 Å². The summed E-state index contributed by atoms with van der Waals surface area (Å²) in [6, 6.07) is 6.39. The van der Waals surface area contributed by atoms with Gasteiger partial charge in [-0.2, -0.15) is 0 Å². The Balaban J connectivity index is 2.25. The summed E-state index contributed by atoms with van der Waals surface area (Å²) in [6.45, 7) is 3.43. The van der Waals surface area contributed by atoms with Crippen LogP contribution in [0.15, 0.2) is 18.2 Å². The number of rotatable bonds is 2. The monoisotopic (exact) mass is 206 g/mol. The minimum absolute atomic E-state index is 0.704. The van der Waals surface area contributed by atoms with Crippen molar-refractivity contribution in [3.8, 4) is 5.75 Å². The second-order valence-electron chi connectivity index (χ2n) is 4.07. The summed E-state index contributed by atoms with van der Waals surface area (Å²) in [6.07, 6.45) is 0.941. The Labute approximate surface area is 90.8 Å². The Kier molecular flexibility index (Phi) is 3.23. The molecule has 1 aliphatic heterocycles. The third-order valence-electron chi connectivity index (χ3n) is 2.73. The molecule has 2 N–H and O–H groups in total. The number of benzene rings is 1. The van der Waals surface area contributed by atoms with E-state index in [1.807, 2.05) is 0 Å². The van der Waals surface area contributed by atoms with Crippen molar-refractivity contribution in [1.82, 2.24) is 4.90 Å². The molecule has 3 nitrogen and oxygen atoms in total. The Morgan fingerprint density at radius 1 is 1.47 bits per heavy atom. The number of nitrogens with zero attached hydrogens (tertiary/aromatic N) is 1. The average Bonchev–Trinajstić information content (AvgIpc) is 2.38. The second-order valence-corrected chi connectivity index (χ2v) is 4.07. The molecule has 0 bridgehead atoms. The molecular formula is C12H18N2O. The summed E-state index contributed by atoms with van der Waals surface area (Å²) in [7, 11) is 2.12. The SMILES string of the molecule is CN1CCOc2ccc(CCN)cc2C1. The zero-order chi connectivity index (χ0) is 10.7. The van der Waals surface area contributed by atoms with Crippen molar-refractivity contribution in [2.75, 3.05) is 26.7 Å². The highest BCUT2D eigenvalue weighted by Crippen LogP contribution is 2.23. The fraction of sp³-hybridized carbons (Fsp3) is 0.500. The maximum Gasteiger partial charge on any atom is 0.123 e. The lowest BCUT2D eigenvalue weighted by molar-refractivity contribution is 0.259. The van der Waals surface area contributed by atoms with Crippen LogP contribution in [0.4, 0.5) is 0 Å². The Morgan fingerprint density at radius 2 is 2.33 bits per heavy atom. The Morgan fingerprint density at radius 3 is 3.13 bits per heavy atom. The second kappa shape index (κ2) is 4.64. The van der Waals surface area contributed by atoms with Crippen molar-refractivity contribution in [3.05, 3.63) is 29.3 Å². The minimum Gasteiger partial charge on any atom is -0.492 e. The summed E-state index contributed by atoms with van der Waals surface area (Å²) >= 11 is 0. The highest BCUT2D eigenvalue weighted by molar-refractivity contribution is 5.38. The van der Waals surface area contributed by atoms with E-state index in [9.17, 15) is 0 Å². The van der Waals surface area contributed by atoms with Crippen LogP contribution in [0.1, 0.15) is 11.1 Å². The normalized spacial score (nSPS) is 16.7. The number of ether oxygens (including phenoxy) is 1. The standard InChI is InChI=1S/C12H18N2O/c1-14-6-7-15-12-3-2-10(4-5-13)8-11(12)9-14/h2-3,8H,4-7,9,13H2,1H3. The van der Waals surface area contributed by atoms with Crippen LogP contribution in [0.3, 0.4) is 0 Å². The quantitative estimate of drug-likeness (QED) is 0.785. The van der Waals surface area contributed by atoms with Crippen molar-refractivity contribution in [1.29, 1.82) is 0 Å². The first kappa shape index (κ1) is 10.5. The number of nitrogens with two attached hydrogens (primary N) is 1. The largest absolute Gasteiger partial charge is 0.492 e. The lowest BCUT2D eigenvalue weighted by Gasteiger charge is -2.12. The summed E-state index contributed by atoms with van der Waals surface area (Å²) in [4.78, 5) is 2.28. The molecule has 0 saturated carbocycles. The van der Waals surface area contributed by atoms with E-state index in [-0.39, 0.29) is 0 Å². The van der Waals surface area contributed by atoms with Gasteiger partial charge in [-0.1, -0.05) is 12.1 Å². The van der Waals surface area contributed by atoms with Gasteiger partial charge in [0.1, 0.15) is 12.4 Å². The zero-order valence-electron chi connectivity index (χ0n) is 9.20. The van der Waals surface area contributed by atoms with Crippen LogP contribution in [-0.4, -0.2) is 31.6 Å². The van der Waals surface area contributed by atoms with Crippen LogP contribution in [0.5, 0.6) is 5.75 Å². The number of hydrogen-bond acceptors (Lipinski definition) is 3. The van der Waals surface area contributed by atoms with Crippen LogP contribution in [0.25, 0.3) is 0 Å². The molecule has 0 amide bonds. The summed E-state index contributed by atoms with van der Waals surface area (Å²) in [5.41, 5.74) is 8.13. The van der Waals surface area contributed by atoms with Crippen LogP contribution in [0.2, 0.25) is 0 Å². The summed E-state index contributed by atoms with van der Waals surface area (Å²) in [5, 5.41) is 0. The molecule has 15 heavy (non-hydrogen) atoms. The van der Waals surface area contributed by atoms with Gasteiger partial charge in [0, 0.05) is 18.7 Å². The van der Waals surface area contributed by atoms with Crippen LogP contribution < -0.4 is 10.5 Å². The van der Waals surface area contributed by atoms with Crippen LogP contribution in [0, 0.1) is 0 Å². The van der Waals surface area contributed by atoms with E-state index in [1.54, 1.807) is 0 Å². The Hall–Kier alpha value is -1.06. The van der Waals surface area contributed by atoms with Gasteiger partial charge in [0.2, 0.25) is 0 Å². The molecule has 3 heteroatoms. The molecule has 0 atom stereocenters. The third-order valence-corrected chi connectivity index (χ3v) is 2.73. The van der Waals surface area contributed by atoms with E-state index in [0.717, 1.165) is 31.9 Å². The third kappa shape index (κ3) is 2.49. The predicted octanol–water partition coefficient (Wildman–Crippen LogP) is 1.01. The molecule has 82 valence electrons. The minimum atomic E-state index is 0.704. The van der Waals surface area contributed by atoms with Crippen LogP contribution >= 0.6 is 0 Å². The van der Waals surface area contributed by atoms with Gasteiger partial charge in [0.25, 0.3) is 0 Å². The number of likely N-dealkylation sites (N-methyl/N-ethyl adjacent to an activating group) is 1. The Bertz CT molecular complexity index is 338. The molecule has 0 aromatic heterocycles. The van der Waals surface area contributed by atoms with E-state index in [1.165, 1.54) is 11.1 Å². The highest BCUT2D eigenvalue weighted by Gasteiger charge is 2.12. The topological polar surface area (TPSA) is 38.5 Å². The van der Waals surface area contributed by atoms with Gasteiger partial charge >= 0.3 is 0 Å². The predicted molar refractivity (Wildman–Crippen MR) is 61.0 cm³/mol. The fourth-order valence-corrected chi connectivity index (χ4v) is 1.90. The van der Waals surface area contributed by atoms with E-state index in [0.29, 0.717) is 6.54 Å². The summed E-state index contributed by atoms with van der Waals surface area (Å²) in [5.74, 6) is 1.03. The van der Waals surface area contributed by atoms with Gasteiger partial charge < -0.3 is 10.5 Å². The molecule has 0 radical (unpaired) electrons. The maximum atomic E-state index is 5.68. The highest BCUT2D eigenvalue weighted by atomic mass is 16.5. The molecule has 1 aromatic rings. The van der Waals surface area contributed by atoms with Crippen molar-refractivity contribution in [2.45, 2.75) is 13.0 Å². The first-order valence-electron chi connectivity index (χ1n) is 5.43. The fourth-order valence-electron chi connectivity index (χ4n) is 1.90. The van der Waals surface area contributed by atoms with Gasteiger partial charge in [-0.3, -0.25) is 4.90 Å². The van der Waals surface area contributed by atoms with E-state index < -0.39 is 0 Å². The molecule has 0 spiro atoms. The molecule has 0 unspecified atom stereocenters. The van der Waals surface area contributed by atoms with Gasteiger partial charge in [-0.15, -0.1) is 0 Å². The molecule has 0 aliphatic carbocycles. The smallest absolute Gasteiger partial charge is 0.123 e. The molecule has 1 aromatic carbocycles. The molecule has 2 rings (SSSR count). The molecular weight excluding hydrogens is 188 g/mol. The van der Waals surface area contributed by atoms with E-state index in [2.05, 4.69) is 30.1 Å². The van der Waals surface area contributed by atoms with Gasteiger partial charge in [-0.25, -0.2) is 0 Å². The number of fused-ring (bicyclic) bond motifs is 1. The molecule has 1 aliphatic rings. The van der Waals surface area contributed by atoms with E-state index in [4.69, 9.17) is 10.5 Å². The summed E-state index contributed by atoms with van der Waals surface area (Å²) < 4.78 is 5.68.